The second kappa shape index (κ2) is 10.2. The lowest BCUT2D eigenvalue weighted by Gasteiger charge is -2.33. The van der Waals surface area contributed by atoms with E-state index in [1.54, 1.807) is 42.5 Å². The van der Waals surface area contributed by atoms with Gasteiger partial charge in [-0.2, -0.15) is 4.72 Å². The van der Waals surface area contributed by atoms with E-state index < -0.39 is 27.6 Å². The number of carbonyl (C=O) groups is 1. The third-order valence-corrected chi connectivity index (χ3v) is 7.38. The van der Waals surface area contributed by atoms with Crippen LogP contribution in [0.5, 0.6) is 0 Å². The molecule has 0 radical (unpaired) electrons. The van der Waals surface area contributed by atoms with Crippen LogP contribution in [0.1, 0.15) is 29.7 Å². The van der Waals surface area contributed by atoms with E-state index >= 15 is 0 Å². The highest BCUT2D eigenvalue weighted by atomic mass is 35.5. The summed E-state index contributed by atoms with van der Waals surface area (Å²) in [5, 5.41) is 11.4. The van der Waals surface area contributed by atoms with Gasteiger partial charge >= 0.3 is 5.97 Å². The number of halogens is 2. The van der Waals surface area contributed by atoms with Crippen LogP contribution in [0.3, 0.4) is 0 Å². The molecule has 0 fully saturated rings. The van der Waals surface area contributed by atoms with Crippen LogP contribution in [0, 0.1) is 6.92 Å². The van der Waals surface area contributed by atoms with Gasteiger partial charge in [0.25, 0.3) is 0 Å². The maximum Gasteiger partial charge on any atom is 0.330 e. The lowest BCUT2D eigenvalue weighted by molar-refractivity contribution is -0.156. The molecule has 0 aliphatic carbocycles. The van der Waals surface area contributed by atoms with Crippen LogP contribution in [0.2, 0.25) is 10.0 Å². The topological polar surface area (TPSA) is 92.7 Å². The Morgan fingerprint density at radius 2 is 1.58 bits per heavy atom. The first kappa shape index (κ1) is 25.2. The predicted octanol–water partition coefficient (Wildman–Crippen LogP) is 4.82. The van der Waals surface area contributed by atoms with Crippen molar-refractivity contribution >= 4 is 39.2 Å². The smallest absolute Gasteiger partial charge is 0.330 e. The fraction of sp³-hybridized carbons (Fsp3) is 0.208. The number of aliphatic hydroxyl groups excluding tert-OH is 1. The maximum atomic E-state index is 13.2. The molecule has 0 bridgehead atoms. The molecule has 6 nitrogen and oxygen atoms in total. The quantitative estimate of drug-likeness (QED) is 0.426. The molecule has 9 heteroatoms. The van der Waals surface area contributed by atoms with Crippen LogP contribution in [-0.4, -0.2) is 25.0 Å². The minimum absolute atomic E-state index is 0.00611. The minimum Gasteiger partial charge on any atom is -0.459 e. The molecular formula is C24H23Cl2NO5S. The lowest BCUT2D eigenvalue weighted by atomic mass is 9.90. The first-order chi connectivity index (χ1) is 15.5. The average Bonchev–Trinajstić information content (AvgIpc) is 2.77. The van der Waals surface area contributed by atoms with Gasteiger partial charge < -0.3 is 9.84 Å². The molecule has 174 valence electrons. The number of aryl methyl sites for hydroxylation is 1. The molecule has 2 N–H and O–H groups in total. The highest BCUT2D eigenvalue weighted by molar-refractivity contribution is 7.89. The number of ether oxygens (including phenoxy) is 1. The summed E-state index contributed by atoms with van der Waals surface area (Å²) < 4.78 is 34.0. The van der Waals surface area contributed by atoms with Crippen molar-refractivity contribution < 1.29 is 23.1 Å². The van der Waals surface area contributed by atoms with E-state index in [9.17, 15) is 18.3 Å². The molecule has 3 rings (SSSR count). The van der Waals surface area contributed by atoms with Crippen molar-refractivity contribution in [1.82, 2.24) is 4.72 Å². The third-order valence-electron chi connectivity index (χ3n) is 5.13. The minimum atomic E-state index is -4.24. The van der Waals surface area contributed by atoms with Crippen LogP contribution in [0.4, 0.5) is 0 Å². The average molecular weight is 508 g/mol. The van der Waals surface area contributed by atoms with Crippen molar-refractivity contribution in [1.29, 1.82) is 0 Å². The van der Waals surface area contributed by atoms with E-state index in [0.29, 0.717) is 5.56 Å². The van der Waals surface area contributed by atoms with Gasteiger partial charge in [-0.1, -0.05) is 77.3 Å². The molecule has 0 aromatic heterocycles. The molecule has 3 aromatic rings. The Morgan fingerprint density at radius 1 is 1.00 bits per heavy atom. The summed E-state index contributed by atoms with van der Waals surface area (Å²) in [5.74, 6) is -0.995. The van der Waals surface area contributed by atoms with E-state index in [1.807, 2.05) is 13.0 Å². The molecule has 2 atom stereocenters. The van der Waals surface area contributed by atoms with Gasteiger partial charge in [0.1, 0.15) is 12.7 Å². The number of aliphatic hydroxyl groups is 1. The molecule has 0 amide bonds. The Labute approximate surface area is 203 Å². The van der Waals surface area contributed by atoms with Gasteiger partial charge in [-0.25, -0.2) is 13.2 Å². The molecular weight excluding hydrogens is 485 g/mol. The molecule has 0 aliphatic rings. The first-order valence-corrected chi connectivity index (χ1v) is 12.2. The van der Waals surface area contributed by atoms with Crippen molar-refractivity contribution in [2.75, 3.05) is 0 Å². The number of benzene rings is 3. The summed E-state index contributed by atoms with van der Waals surface area (Å²) in [6.07, 6.45) is -1.75. The van der Waals surface area contributed by atoms with Gasteiger partial charge in [-0.15, -0.1) is 0 Å². The molecule has 0 aliphatic heterocycles. The summed E-state index contributed by atoms with van der Waals surface area (Å²) in [5.41, 5.74) is -0.582. The SMILES string of the molecule is Cc1ccc(S(=O)(=O)N[C@](C)(C(=O)OCc2ccccc2)[C@@H](O)c2c(Cl)cccc2Cl)cc1. The first-order valence-electron chi connectivity index (χ1n) is 9.98. The zero-order valence-electron chi connectivity index (χ0n) is 18.0. The summed E-state index contributed by atoms with van der Waals surface area (Å²) in [7, 11) is -4.24. The molecule has 0 saturated heterocycles. The maximum absolute atomic E-state index is 13.2. The number of nitrogens with one attached hydrogen (secondary N) is 1. The van der Waals surface area contributed by atoms with Crippen molar-refractivity contribution in [3.05, 3.63) is 99.5 Å². The summed E-state index contributed by atoms with van der Waals surface area (Å²) in [6, 6.07) is 19.5. The number of esters is 1. The van der Waals surface area contributed by atoms with E-state index in [4.69, 9.17) is 27.9 Å². The van der Waals surface area contributed by atoms with Crippen LogP contribution in [0.15, 0.2) is 77.7 Å². The highest BCUT2D eigenvalue weighted by Gasteiger charge is 2.47. The largest absolute Gasteiger partial charge is 0.459 e. The van der Waals surface area contributed by atoms with Crippen LogP contribution in [0.25, 0.3) is 0 Å². The normalized spacial score (nSPS) is 14.3. The molecule has 33 heavy (non-hydrogen) atoms. The van der Waals surface area contributed by atoms with Crippen LogP contribution < -0.4 is 4.72 Å². The Bertz CT molecular complexity index is 1210. The summed E-state index contributed by atoms with van der Waals surface area (Å²) >= 11 is 12.5. The van der Waals surface area contributed by atoms with Gasteiger partial charge in [0.15, 0.2) is 5.54 Å². The monoisotopic (exact) mass is 507 g/mol. The zero-order chi connectivity index (χ0) is 24.2. The van der Waals surface area contributed by atoms with Gasteiger partial charge in [-0.3, -0.25) is 0 Å². The van der Waals surface area contributed by atoms with E-state index in [0.717, 1.165) is 5.56 Å². The number of hydrogen-bond acceptors (Lipinski definition) is 5. The van der Waals surface area contributed by atoms with Crippen LogP contribution >= 0.6 is 23.2 Å². The molecule has 0 unspecified atom stereocenters. The van der Waals surface area contributed by atoms with Gasteiger partial charge in [0, 0.05) is 15.6 Å². The summed E-state index contributed by atoms with van der Waals surface area (Å²) in [4.78, 5) is 13.2. The molecule has 0 spiro atoms. The van der Waals surface area contributed by atoms with E-state index in [1.165, 1.54) is 31.2 Å². The van der Waals surface area contributed by atoms with Crippen molar-refractivity contribution in [3.63, 3.8) is 0 Å². The number of rotatable bonds is 8. The standard InChI is InChI=1S/C24H23Cl2NO5S/c1-16-11-13-18(14-12-16)33(30,31)27-24(2,22(28)21-19(25)9-6-10-20(21)26)23(29)32-15-17-7-4-3-5-8-17/h3-14,22,27-28H,15H2,1-2H3/t22-,24-/m0/s1. The summed E-state index contributed by atoms with van der Waals surface area (Å²) in [6.45, 7) is 2.93. The van der Waals surface area contributed by atoms with E-state index in [-0.39, 0.29) is 27.1 Å². The van der Waals surface area contributed by atoms with Crippen LogP contribution in [-0.2, 0) is 26.2 Å². The second-order valence-corrected chi connectivity index (χ2v) is 10.2. The van der Waals surface area contributed by atoms with Crippen molar-refractivity contribution in [2.24, 2.45) is 0 Å². The van der Waals surface area contributed by atoms with Crippen molar-refractivity contribution in [3.8, 4) is 0 Å². The molecule has 3 aromatic carbocycles. The highest BCUT2D eigenvalue weighted by Crippen LogP contribution is 2.37. The third kappa shape index (κ3) is 5.75. The zero-order valence-corrected chi connectivity index (χ0v) is 20.3. The fourth-order valence-corrected chi connectivity index (χ4v) is 5.17. The number of carbonyl (C=O) groups excluding carboxylic acids is 1. The lowest BCUT2D eigenvalue weighted by Crippen LogP contribution is -2.57. The number of hydrogen-bond donors (Lipinski definition) is 2. The fourth-order valence-electron chi connectivity index (χ4n) is 3.20. The molecule has 0 heterocycles. The van der Waals surface area contributed by atoms with Gasteiger partial charge in [-0.05, 0) is 43.7 Å². The Morgan fingerprint density at radius 3 is 2.15 bits per heavy atom. The van der Waals surface area contributed by atoms with Crippen molar-refractivity contribution in [2.45, 2.75) is 37.0 Å². The molecule has 0 saturated carbocycles. The number of sulfonamides is 1. The Balaban J connectivity index is 2.01. The Hall–Kier alpha value is -2.42. The van der Waals surface area contributed by atoms with E-state index in [2.05, 4.69) is 4.72 Å². The predicted molar refractivity (Wildman–Crippen MR) is 128 cm³/mol. The Kier molecular flexibility index (Phi) is 7.82. The van der Waals surface area contributed by atoms with Gasteiger partial charge in [0.2, 0.25) is 10.0 Å². The van der Waals surface area contributed by atoms with Gasteiger partial charge in [0.05, 0.1) is 4.90 Å². The second-order valence-electron chi connectivity index (χ2n) is 7.72.